The van der Waals surface area contributed by atoms with E-state index in [1.54, 1.807) is 6.07 Å². The fourth-order valence-corrected chi connectivity index (χ4v) is 1.68. The molecule has 0 aliphatic rings. The Morgan fingerprint density at radius 1 is 0.952 bits per heavy atom. The van der Waals surface area contributed by atoms with Gasteiger partial charge in [0.15, 0.2) is 5.78 Å². The maximum Gasteiger partial charge on any atom is 0.503 e. The van der Waals surface area contributed by atoms with E-state index in [9.17, 15) is 4.79 Å². The maximum atomic E-state index is 12.3. The molecule has 0 unspecified atom stereocenters. The van der Waals surface area contributed by atoms with Gasteiger partial charge in [0.1, 0.15) is 5.75 Å². The van der Waals surface area contributed by atoms with Crippen molar-refractivity contribution in [2.75, 3.05) is 6.61 Å². The van der Waals surface area contributed by atoms with Crippen LogP contribution in [0.4, 0.5) is 4.79 Å². The predicted molar refractivity (Wildman–Crippen MR) is 78.1 cm³/mol. The zero-order chi connectivity index (χ0) is 15.7. The van der Waals surface area contributed by atoms with Gasteiger partial charge in [0.25, 0.3) is 0 Å². The molecular weight excluding hydrogens is 272 g/mol. The van der Waals surface area contributed by atoms with Crippen molar-refractivity contribution in [1.82, 2.24) is 0 Å². The first-order valence-electron chi connectivity index (χ1n) is 6.29. The summed E-state index contributed by atoms with van der Waals surface area (Å²) in [6.45, 7) is 2.46. The van der Waals surface area contributed by atoms with Crippen LogP contribution in [0.3, 0.4) is 0 Å². The van der Waals surface area contributed by atoms with Crippen molar-refractivity contribution in [1.29, 1.82) is 0 Å². The molecule has 0 bridgehead atoms. The van der Waals surface area contributed by atoms with Crippen molar-refractivity contribution < 1.29 is 24.5 Å². The first kappa shape index (κ1) is 16.2. The van der Waals surface area contributed by atoms with Gasteiger partial charge in [-0.2, -0.15) is 0 Å². The highest BCUT2D eigenvalue weighted by atomic mass is 16.6. The molecule has 0 spiro atoms. The smallest absolute Gasteiger partial charge is 0.493 e. The normalized spacial score (nSPS) is 9.19. The molecule has 0 aliphatic heterocycles. The maximum absolute atomic E-state index is 12.3. The van der Waals surface area contributed by atoms with E-state index in [1.807, 2.05) is 55.5 Å². The van der Waals surface area contributed by atoms with Gasteiger partial charge < -0.3 is 14.9 Å². The second kappa shape index (κ2) is 8.37. The molecule has 0 saturated heterocycles. The van der Waals surface area contributed by atoms with Gasteiger partial charge in [-0.25, -0.2) is 4.79 Å². The van der Waals surface area contributed by atoms with Crippen LogP contribution >= 0.6 is 0 Å². The predicted octanol–water partition coefficient (Wildman–Crippen LogP) is 3.54. The standard InChI is InChI=1S/C15H14O2.CH2O3/c1-2-17-14-11-7-6-10-13(14)15(16)12-8-4-3-5-9-12;2-1(3)4/h3-11H,2H2,1H3;(H2,2,3,4). The number of ketones is 1. The number of rotatable bonds is 4. The van der Waals surface area contributed by atoms with Crippen LogP contribution in [0, 0.1) is 0 Å². The lowest BCUT2D eigenvalue weighted by molar-refractivity contribution is 0.103. The van der Waals surface area contributed by atoms with Gasteiger partial charge in [-0.3, -0.25) is 4.79 Å². The molecule has 2 rings (SSSR count). The number of benzene rings is 2. The minimum atomic E-state index is -1.83. The summed E-state index contributed by atoms with van der Waals surface area (Å²) in [7, 11) is 0. The van der Waals surface area contributed by atoms with Crippen LogP contribution < -0.4 is 4.74 Å². The van der Waals surface area contributed by atoms with Gasteiger partial charge >= 0.3 is 6.16 Å². The highest BCUT2D eigenvalue weighted by Gasteiger charge is 2.13. The number of ether oxygens (including phenoxy) is 1. The molecule has 0 saturated carbocycles. The Morgan fingerprint density at radius 3 is 2.05 bits per heavy atom. The molecular formula is C16H16O5. The quantitative estimate of drug-likeness (QED) is 0.841. The van der Waals surface area contributed by atoms with Crippen molar-refractivity contribution in [3.8, 4) is 5.75 Å². The van der Waals surface area contributed by atoms with Crippen LogP contribution in [0.2, 0.25) is 0 Å². The van der Waals surface area contributed by atoms with E-state index in [4.69, 9.17) is 19.7 Å². The van der Waals surface area contributed by atoms with Gasteiger partial charge in [-0.1, -0.05) is 42.5 Å². The summed E-state index contributed by atoms with van der Waals surface area (Å²) in [6.07, 6.45) is -1.83. The van der Waals surface area contributed by atoms with Crippen LogP contribution in [0.5, 0.6) is 5.75 Å². The summed E-state index contributed by atoms with van der Waals surface area (Å²) in [5, 5.41) is 13.9. The van der Waals surface area contributed by atoms with Crippen molar-refractivity contribution in [3.63, 3.8) is 0 Å². The number of hydrogen-bond donors (Lipinski definition) is 2. The molecule has 0 aliphatic carbocycles. The molecule has 5 heteroatoms. The van der Waals surface area contributed by atoms with Gasteiger partial charge in [0.05, 0.1) is 12.2 Å². The van der Waals surface area contributed by atoms with Crippen molar-refractivity contribution in [3.05, 3.63) is 65.7 Å². The Morgan fingerprint density at radius 2 is 1.48 bits per heavy atom. The number of para-hydroxylation sites is 1. The molecule has 2 aromatic rings. The summed E-state index contributed by atoms with van der Waals surface area (Å²) in [4.78, 5) is 20.8. The second-order valence-corrected chi connectivity index (χ2v) is 3.91. The van der Waals surface area contributed by atoms with Crippen molar-refractivity contribution in [2.24, 2.45) is 0 Å². The van der Waals surface area contributed by atoms with Gasteiger partial charge in [-0.05, 0) is 19.1 Å². The van der Waals surface area contributed by atoms with Crippen LogP contribution in [-0.4, -0.2) is 28.8 Å². The Labute approximate surface area is 122 Å². The zero-order valence-corrected chi connectivity index (χ0v) is 11.5. The molecule has 2 aromatic carbocycles. The summed E-state index contributed by atoms with van der Waals surface area (Å²) < 4.78 is 5.46. The molecule has 2 N–H and O–H groups in total. The molecule has 0 amide bonds. The molecule has 21 heavy (non-hydrogen) atoms. The van der Waals surface area contributed by atoms with E-state index in [2.05, 4.69) is 0 Å². The molecule has 0 heterocycles. The first-order chi connectivity index (χ1) is 10.1. The lowest BCUT2D eigenvalue weighted by atomic mass is 10.0. The van der Waals surface area contributed by atoms with Crippen LogP contribution in [0.25, 0.3) is 0 Å². The van der Waals surface area contributed by atoms with E-state index in [0.717, 1.165) is 0 Å². The largest absolute Gasteiger partial charge is 0.503 e. The molecule has 0 fully saturated rings. The molecule has 5 nitrogen and oxygen atoms in total. The van der Waals surface area contributed by atoms with E-state index < -0.39 is 6.16 Å². The monoisotopic (exact) mass is 288 g/mol. The van der Waals surface area contributed by atoms with E-state index in [0.29, 0.717) is 23.5 Å². The fourth-order valence-electron chi connectivity index (χ4n) is 1.68. The van der Waals surface area contributed by atoms with Crippen LogP contribution in [0.1, 0.15) is 22.8 Å². The molecule has 0 atom stereocenters. The van der Waals surface area contributed by atoms with Crippen LogP contribution in [-0.2, 0) is 0 Å². The third-order valence-electron chi connectivity index (χ3n) is 2.47. The van der Waals surface area contributed by atoms with E-state index >= 15 is 0 Å². The Kier molecular flexibility index (Phi) is 6.47. The number of hydrogen-bond acceptors (Lipinski definition) is 3. The second-order valence-electron chi connectivity index (χ2n) is 3.91. The highest BCUT2D eigenvalue weighted by Crippen LogP contribution is 2.21. The van der Waals surface area contributed by atoms with E-state index in [1.165, 1.54) is 0 Å². The summed E-state index contributed by atoms with van der Waals surface area (Å²) in [5.74, 6) is 0.638. The third kappa shape index (κ3) is 5.36. The van der Waals surface area contributed by atoms with Gasteiger partial charge in [0.2, 0.25) is 0 Å². The van der Waals surface area contributed by atoms with Gasteiger partial charge in [0, 0.05) is 5.56 Å². The average Bonchev–Trinajstić information content (AvgIpc) is 2.48. The summed E-state index contributed by atoms with van der Waals surface area (Å²) in [5.41, 5.74) is 1.29. The Hall–Kier alpha value is -2.82. The lowest BCUT2D eigenvalue weighted by Crippen LogP contribution is -2.04. The molecule has 0 radical (unpaired) electrons. The SMILES string of the molecule is CCOc1ccccc1C(=O)c1ccccc1.O=C(O)O. The number of carbonyl (C=O) groups is 2. The first-order valence-corrected chi connectivity index (χ1v) is 6.29. The number of carboxylic acid groups (broad SMARTS) is 2. The summed E-state index contributed by atoms with van der Waals surface area (Å²) >= 11 is 0. The fraction of sp³-hybridized carbons (Fsp3) is 0.125. The molecule has 0 aromatic heterocycles. The lowest BCUT2D eigenvalue weighted by Gasteiger charge is -2.08. The van der Waals surface area contributed by atoms with Crippen LogP contribution in [0.15, 0.2) is 54.6 Å². The molecule has 110 valence electrons. The third-order valence-corrected chi connectivity index (χ3v) is 2.47. The average molecular weight is 288 g/mol. The summed E-state index contributed by atoms with van der Waals surface area (Å²) in [6, 6.07) is 16.6. The van der Waals surface area contributed by atoms with E-state index in [-0.39, 0.29) is 5.78 Å². The topological polar surface area (TPSA) is 83.8 Å². The van der Waals surface area contributed by atoms with Gasteiger partial charge in [-0.15, -0.1) is 0 Å². The minimum Gasteiger partial charge on any atom is -0.493 e. The zero-order valence-electron chi connectivity index (χ0n) is 11.5. The van der Waals surface area contributed by atoms with Crippen molar-refractivity contribution >= 4 is 11.9 Å². The highest BCUT2D eigenvalue weighted by molar-refractivity contribution is 6.10. The Balaban J connectivity index is 0.000000491. The van der Waals surface area contributed by atoms with Crippen molar-refractivity contribution in [2.45, 2.75) is 6.92 Å². The Bertz CT molecular complexity index is 589. The minimum absolute atomic E-state index is 0.00495. The number of carbonyl (C=O) groups excluding carboxylic acids is 1.